The Morgan fingerprint density at radius 1 is 1.13 bits per heavy atom. The van der Waals surface area contributed by atoms with Crippen molar-refractivity contribution in [1.29, 1.82) is 0 Å². The fourth-order valence-electron chi connectivity index (χ4n) is 3.66. The second-order valence-electron chi connectivity index (χ2n) is 7.26. The first-order chi connectivity index (χ1) is 14.4. The van der Waals surface area contributed by atoms with Gasteiger partial charge in [0.1, 0.15) is 0 Å². The van der Waals surface area contributed by atoms with Gasteiger partial charge in [-0.2, -0.15) is 0 Å². The van der Waals surface area contributed by atoms with Crippen LogP contribution in [0.5, 0.6) is 0 Å². The molecule has 1 aromatic heterocycles. The Balaban J connectivity index is 1.41. The summed E-state index contributed by atoms with van der Waals surface area (Å²) in [5.41, 5.74) is 0.415. The highest BCUT2D eigenvalue weighted by atomic mass is 35.5. The largest absolute Gasteiger partial charge is 0.341 e. The molecule has 0 bridgehead atoms. The van der Waals surface area contributed by atoms with Gasteiger partial charge in [-0.05, 0) is 42.8 Å². The number of carbonyl (C=O) groups excluding carboxylic acids is 1. The first kappa shape index (κ1) is 20.6. The second kappa shape index (κ2) is 8.20. The molecule has 1 aliphatic heterocycles. The van der Waals surface area contributed by atoms with Crippen LogP contribution in [0.3, 0.4) is 0 Å². The monoisotopic (exact) mass is 445 g/mol. The highest BCUT2D eigenvalue weighted by molar-refractivity contribution is 7.92. The summed E-state index contributed by atoms with van der Waals surface area (Å²) in [4.78, 5) is 31.2. The van der Waals surface area contributed by atoms with E-state index in [0.717, 1.165) is 0 Å². The van der Waals surface area contributed by atoms with Gasteiger partial charge < -0.3 is 4.90 Å². The van der Waals surface area contributed by atoms with Gasteiger partial charge in [-0.3, -0.25) is 14.2 Å². The van der Waals surface area contributed by atoms with Gasteiger partial charge in [-0.15, -0.1) is 0 Å². The number of carbonyl (C=O) groups is 1. The molecule has 3 aromatic rings. The number of halogens is 1. The summed E-state index contributed by atoms with van der Waals surface area (Å²) in [5.74, 6) is -0.177. The van der Waals surface area contributed by atoms with E-state index in [2.05, 4.69) is 4.98 Å². The molecule has 156 valence electrons. The number of aromatic nitrogens is 2. The molecule has 1 atom stereocenters. The van der Waals surface area contributed by atoms with Crippen molar-refractivity contribution < 1.29 is 13.2 Å². The molecule has 1 fully saturated rings. The molecule has 1 amide bonds. The second-order valence-corrected chi connectivity index (χ2v) is 9.92. The summed E-state index contributed by atoms with van der Waals surface area (Å²) in [6.07, 6.45) is 1.93. The molecule has 0 radical (unpaired) electrons. The van der Waals surface area contributed by atoms with Gasteiger partial charge in [-0.25, -0.2) is 13.4 Å². The number of nitrogens with zero attached hydrogens (tertiary/aromatic N) is 3. The van der Waals surface area contributed by atoms with E-state index >= 15 is 0 Å². The third-order valence-corrected chi connectivity index (χ3v) is 7.82. The Labute approximate surface area is 178 Å². The van der Waals surface area contributed by atoms with Gasteiger partial charge in [0, 0.05) is 31.1 Å². The van der Waals surface area contributed by atoms with E-state index in [1.54, 1.807) is 35.2 Å². The Morgan fingerprint density at radius 3 is 2.63 bits per heavy atom. The van der Waals surface area contributed by atoms with Crippen LogP contribution < -0.4 is 5.56 Å². The zero-order valence-electron chi connectivity index (χ0n) is 16.1. The molecule has 1 saturated heterocycles. The lowest BCUT2D eigenvalue weighted by Gasteiger charge is -2.17. The average Bonchev–Trinajstić information content (AvgIpc) is 3.25. The third-order valence-electron chi connectivity index (χ3n) is 5.38. The van der Waals surface area contributed by atoms with Crippen LogP contribution >= 0.6 is 11.6 Å². The Hall–Kier alpha value is -2.71. The molecule has 1 aliphatic rings. The summed E-state index contributed by atoms with van der Waals surface area (Å²) in [7, 11) is -3.54. The first-order valence-electron chi connectivity index (χ1n) is 9.58. The van der Waals surface area contributed by atoms with Crippen molar-refractivity contribution in [3.63, 3.8) is 0 Å². The molecule has 2 heterocycles. The molecule has 0 aliphatic carbocycles. The van der Waals surface area contributed by atoms with Gasteiger partial charge >= 0.3 is 0 Å². The summed E-state index contributed by atoms with van der Waals surface area (Å²) < 4.78 is 27.1. The maximum absolute atomic E-state index is 12.8. The summed E-state index contributed by atoms with van der Waals surface area (Å²) in [6, 6.07) is 13.1. The molecule has 4 rings (SSSR count). The maximum atomic E-state index is 12.8. The number of fused-ring (bicyclic) bond motifs is 1. The van der Waals surface area contributed by atoms with Crippen LogP contribution in [0.2, 0.25) is 5.02 Å². The van der Waals surface area contributed by atoms with E-state index in [1.807, 2.05) is 6.07 Å². The number of likely N-dealkylation sites (tertiary alicyclic amines) is 1. The van der Waals surface area contributed by atoms with Gasteiger partial charge in [0.15, 0.2) is 9.84 Å². The third kappa shape index (κ3) is 3.97. The molecule has 30 heavy (non-hydrogen) atoms. The minimum atomic E-state index is -3.54. The molecule has 7 nitrogen and oxygen atoms in total. The van der Waals surface area contributed by atoms with Crippen molar-refractivity contribution >= 4 is 38.2 Å². The number of aryl methyl sites for hydroxylation is 1. The van der Waals surface area contributed by atoms with E-state index in [1.165, 1.54) is 23.0 Å². The Kier molecular flexibility index (Phi) is 5.62. The quantitative estimate of drug-likeness (QED) is 0.602. The zero-order valence-corrected chi connectivity index (χ0v) is 17.6. The van der Waals surface area contributed by atoms with E-state index in [9.17, 15) is 18.0 Å². The van der Waals surface area contributed by atoms with Gasteiger partial charge in [0.05, 0.1) is 27.4 Å². The molecule has 1 unspecified atom stereocenters. The number of hydrogen-bond acceptors (Lipinski definition) is 5. The maximum Gasteiger partial charge on any atom is 0.261 e. The smallest absolute Gasteiger partial charge is 0.261 e. The van der Waals surface area contributed by atoms with Gasteiger partial charge in [0.2, 0.25) is 5.91 Å². The van der Waals surface area contributed by atoms with Crippen molar-refractivity contribution in [1.82, 2.24) is 14.5 Å². The molecule has 0 spiro atoms. The van der Waals surface area contributed by atoms with Crippen LogP contribution in [0, 0.1) is 0 Å². The highest BCUT2D eigenvalue weighted by Crippen LogP contribution is 2.25. The van der Waals surface area contributed by atoms with Crippen LogP contribution in [0.15, 0.2) is 64.5 Å². The van der Waals surface area contributed by atoms with Crippen molar-refractivity contribution in [2.24, 2.45) is 0 Å². The molecular weight excluding hydrogens is 426 g/mol. The number of sulfone groups is 1. The summed E-state index contributed by atoms with van der Waals surface area (Å²) in [6.45, 7) is 0.719. The fraction of sp³-hybridized carbons (Fsp3) is 0.286. The van der Waals surface area contributed by atoms with Gasteiger partial charge in [-0.1, -0.05) is 23.7 Å². The lowest BCUT2D eigenvalue weighted by Crippen LogP contribution is -2.33. The summed E-state index contributed by atoms with van der Waals surface area (Å²) in [5, 5.41) is 0.325. The normalized spacial score (nSPS) is 16.8. The number of benzene rings is 2. The van der Waals surface area contributed by atoms with Crippen LogP contribution in [0.25, 0.3) is 10.9 Å². The Morgan fingerprint density at radius 2 is 1.87 bits per heavy atom. The van der Waals surface area contributed by atoms with Crippen molar-refractivity contribution in [2.75, 3.05) is 13.1 Å². The van der Waals surface area contributed by atoms with E-state index in [0.29, 0.717) is 28.9 Å². The number of para-hydroxylation sites is 1. The highest BCUT2D eigenvalue weighted by Gasteiger charge is 2.35. The Bertz CT molecular complexity index is 1260. The number of hydrogen-bond donors (Lipinski definition) is 0. The predicted octanol–water partition coefficient (Wildman–Crippen LogP) is 2.51. The molecule has 2 aromatic carbocycles. The van der Waals surface area contributed by atoms with Crippen molar-refractivity contribution in [2.45, 2.75) is 29.5 Å². The number of amides is 1. The standard InChI is InChI=1S/C21H20ClN3O4S/c22-15-5-7-16(8-6-15)30(28,29)17-9-11-24(13-17)20(26)10-12-25-14-23-19-4-2-1-3-18(19)21(25)27/h1-8,14,17H,9-13H2. The number of rotatable bonds is 5. The average molecular weight is 446 g/mol. The minimum Gasteiger partial charge on any atom is -0.341 e. The SMILES string of the molecule is O=C(CCn1cnc2ccccc2c1=O)N1CCC(S(=O)(=O)c2ccc(Cl)cc2)C1. The van der Waals surface area contributed by atoms with E-state index in [-0.39, 0.29) is 35.9 Å². The van der Waals surface area contributed by atoms with Crippen LogP contribution in [-0.2, 0) is 21.2 Å². The van der Waals surface area contributed by atoms with Crippen LogP contribution in [-0.4, -0.2) is 47.1 Å². The van der Waals surface area contributed by atoms with Crippen LogP contribution in [0.1, 0.15) is 12.8 Å². The van der Waals surface area contributed by atoms with E-state index < -0.39 is 15.1 Å². The lowest BCUT2D eigenvalue weighted by molar-refractivity contribution is -0.130. The topological polar surface area (TPSA) is 89.3 Å². The van der Waals surface area contributed by atoms with E-state index in [4.69, 9.17) is 11.6 Å². The fourth-order valence-corrected chi connectivity index (χ4v) is 5.48. The van der Waals surface area contributed by atoms with Crippen molar-refractivity contribution in [3.8, 4) is 0 Å². The lowest BCUT2D eigenvalue weighted by atomic mass is 10.2. The zero-order chi connectivity index (χ0) is 21.3. The molecule has 0 saturated carbocycles. The van der Waals surface area contributed by atoms with Crippen LogP contribution in [0.4, 0.5) is 0 Å². The van der Waals surface area contributed by atoms with Gasteiger partial charge in [0.25, 0.3) is 5.56 Å². The predicted molar refractivity (Wildman–Crippen MR) is 114 cm³/mol. The minimum absolute atomic E-state index is 0.105. The summed E-state index contributed by atoms with van der Waals surface area (Å²) >= 11 is 5.84. The molecular formula is C21H20ClN3O4S. The molecule has 0 N–H and O–H groups in total. The first-order valence-corrected chi connectivity index (χ1v) is 11.5. The molecule has 9 heteroatoms. The van der Waals surface area contributed by atoms with Crippen molar-refractivity contribution in [3.05, 3.63) is 70.2 Å².